The molecule has 3 rings (SSSR count). The number of carbonyl (C=O) groups excluding carboxylic acids is 2. The van der Waals surface area contributed by atoms with Crippen LogP contribution in [0.2, 0.25) is 0 Å². The third-order valence-corrected chi connectivity index (χ3v) is 7.14. The van der Waals surface area contributed by atoms with E-state index in [1.165, 1.54) is 0 Å². The summed E-state index contributed by atoms with van der Waals surface area (Å²) < 4.78 is 28.5. The van der Waals surface area contributed by atoms with Crippen molar-refractivity contribution in [3.05, 3.63) is 46.8 Å². The third kappa shape index (κ3) is 5.16. The van der Waals surface area contributed by atoms with Gasteiger partial charge in [0.05, 0.1) is 5.56 Å². The largest absolute Gasteiger partial charge is 0.361 e. The minimum absolute atomic E-state index is 0.0187. The molecule has 8 nitrogen and oxygen atoms in total. The average Bonchev–Trinajstić information content (AvgIpc) is 3.35. The molecule has 9 heteroatoms. The fraction of sp³-hybridized carbons (Fsp3) is 0.455. The van der Waals surface area contributed by atoms with Gasteiger partial charge in [0, 0.05) is 43.1 Å². The van der Waals surface area contributed by atoms with Crippen LogP contribution in [0.3, 0.4) is 0 Å². The molecule has 0 saturated carbocycles. The van der Waals surface area contributed by atoms with Crippen molar-refractivity contribution in [3.63, 3.8) is 0 Å². The summed E-state index contributed by atoms with van der Waals surface area (Å²) in [6.07, 6.45) is 2.60. The van der Waals surface area contributed by atoms with Crippen LogP contribution in [-0.2, 0) is 21.2 Å². The first kappa shape index (κ1) is 23.0. The number of sulfonamides is 1. The van der Waals surface area contributed by atoms with Crippen molar-refractivity contribution in [2.45, 2.75) is 51.3 Å². The van der Waals surface area contributed by atoms with Crippen LogP contribution in [0.1, 0.15) is 53.5 Å². The van der Waals surface area contributed by atoms with Crippen molar-refractivity contribution in [3.8, 4) is 0 Å². The maximum atomic E-state index is 13.0. The molecule has 2 heterocycles. The molecule has 31 heavy (non-hydrogen) atoms. The van der Waals surface area contributed by atoms with Crippen molar-refractivity contribution in [2.75, 3.05) is 25.0 Å². The molecule has 2 amide bonds. The van der Waals surface area contributed by atoms with Crippen LogP contribution in [0.15, 0.2) is 29.2 Å². The minimum Gasteiger partial charge on any atom is -0.361 e. The van der Waals surface area contributed by atoms with Gasteiger partial charge in [-0.3, -0.25) is 9.59 Å². The van der Waals surface area contributed by atoms with Gasteiger partial charge in [0.1, 0.15) is 4.90 Å². The van der Waals surface area contributed by atoms with Crippen molar-refractivity contribution < 1.29 is 18.0 Å². The molecule has 1 aromatic carbocycles. The van der Waals surface area contributed by atoms with Crippen molar-refractivity contribution in [1.29, 1.82) is 0 Å². The number of hydrogen-bond donors (Lipinski definition) is 3. The lowest BCUT2D eigenvalue weighted by molar-refractivity contribution is -0.116. The monoisotopic (exact) mass is 446 g/mol. The second-order valence-corrected chi connectivity index (χ2v) is 9.49. The lowest BCUT2D eigenvalue weighted by Crippen LogP contribution is -2.32. The molecule has 2 aromatic rings. The van der Waals surface area contributed by atoms with E-state index >= 15 is 0 Å². The first-order valence-electron chi connectivity index (χ1n) is 10.6. The van der Waals surface area contributed by atoms with E-state index in [0.717, 1.165) is 30.5 Å². The maximum Gasteiger partial charge on any atom is 0.257 e. The molecule has 0 radical (unpaired) electrons. The maximum absolute atomic E-state index is 13.0. The number of aromatic nitrogens is 1. The lowest BCUT2D eigenvalue weighted by atomic mass is 10.1. The van der Waals surface area contributed by atoms with E-state index in [4.69, 9.17) is 0 Å². The number of para-hydroxylation sites is 1. The van der Waals surface area contributed by atoms with Crippen molar-refractivity contribution >= 4 is 27.5 Å². The van der Waals surface area contributed by atoms with E-state index < -0.39 is 10.0 Å². The van der Waals surface area contributed by atoms with Gasteiger partial charge in [0.15, 0.2) is 0 Å². The zero-order valence-corrected chi connectivity index (χ0v) is 19.1. The van der Waals surface area contributed by atoms with E-state index in [-0.39, 0.29) is 35.2 Å². The Hall–Kier alpha value is -2.65. The molecule has 1 aliphatic heterocycles. The van der Waals surface area contributed by atoms with Crippen LogP contribution in [0.4, 0.5) is 5.69 Å². The first-order valence-corrected chi connectivity index (χ1v) is 12.1. The van der Waals surface area contributed by atoms with Crippen LogP contribution < -0.4 is 10.0 Å². The highest BCUT2D eigenvalue weighted by Crippen LogP contribution is 2.26. The smallest absolute Gasteiger partial charge is 0.257 e. The van der Waals surface area contributed by atoms with E-state index in [2.05, 4.69) is 15.0 Å². The molecular weight excluding hydrogens is 416 g/mol. The number of likely N-dealkylation sites (tertiary alicyclic amines) is 1. The van der Waals surface area contributed by atoms with E-state index in [0.29, 0.717) is 24.5 Å². The van der Waals surface area contributed by atoms with Crippen LogP contribution in [0.25, 0.3) is 0 Å². The molecular formula is C22H30N4O4S. The summed E-state index contributed by atoms with van der Waals surface area (Å²) in [5.41, 5.74) is 2.87. The first-order chi connectivity index (χ1) is 14.7. The zero-order chi connectivity index (χ0) is 22.6. The molecule has 1 aromatic heterocycles. The van der Waals surface area contributed by atoms with Crippen LogP contribution in [-0.4, -0.2) is 49.8 Å². The Kier molecular flexibility index (Phi) is 7.17. The third-order valence-electron chi connectivity index (χ3n) is 5.51. The van der Waals surface area contributed by atoms with Gasteiger partial charge in [0.25, 0.3) is 5.91 Å². The van der Waals surface area contributed by atoms with Gasteiger partial charge in [-0.05, 0) is 44.7 Å². The number of anilines is 1. The topological polar surface area (TPSA) is 111 Å². The number of H-pyrrole nitrogens is 1. The summed E-state index contributed by atoms with van der Waals surface area (Å²) >= 11 is 0. The Morgan fingerprint density at radius 3 is 2.45 bits per heavy atom. The molecule has 0 aliphatic carbocycles. The van der Waals surface area contributed by atoms with Crippen molar-refractivity contribution in [2.24, 2.45) is 0 Å². The molecule has 0 unspecified atom stereocenters. The molecule has 0 spiro atoms. The Balaban J connectivity index is 1.68. The Labute approximate surface area is 183 Å². The second-order valence-electron chi connectivity index (χ2n) is 7.79. The number of rotatable bonds is 8. The molecule has 1 aliphatic rings. The number of carbonyl (C=O) groups is 2. The predicted molar refractivity (Wildman–Crippen MR) is 120 cm³/mol. The Morgan fingerprint density at radius 1 is 1.10 bits per heavy atom. The molecule has 168 valence electrons. The number of aryl methyl sites for hydroxylation is 3. The molecule has 3 N–H and O–H groups in total. The van der Waals surface area contributed by atoms with Gasteiger partial charge in [-0.25, -0.2) is 13.1 Å². The SMILES string of the molecule is CCc1ccccc1NC(=O)CCNS(=O)(=O)c1c(C)[nH]c(C)c1C(=O)N1CCCC1. The molecule has 0 atom stereocenters. The zero-order valence-electron chi connectivity index (χ0n) is 18.2. The summed E-state index contributed by atoms with van der Waals surface area (Å²) in [6, 6.07) is 7.51. The van der Waals surface area contributed by atoms with Gasteiger partial charge in [-0.2, -0.15) is 0 Å². The van der Waals surface area contributed by atoms with Crippen LogP contribution in [0.5, 0.6) is 0 Å². The van der Waals surface area contributed by atoms with Crippen LogP contribution >= 0.6 is 0 Å². The fourth-order valence-corrected chi connectivity index (χ4v) is 5.44. The predicted octanol–water partition coefficient (Wildman–Crippen LogP) is 2.74. The number of hydrogen-bond acceptors (Lipinski definition) is 4. The minimum atomic E-state index is -3.97. The quantitative estimate of drug-likeness (QED) is 0.579. The highest BCUT2D eigenvalue weighted by Gasteiger charge is 2.32. The number of aromatic amines is 1. The normalized spacial score (nSPS) is 14.1. The standard InChI is InChI=1S/C22H30N4O4S/c1-4-17-9-5-6-10-18(17)25-19(27)11-12-23-31(29,30)21-16(3)24-15(2)20(21)22(28)26-13-7-8-14-26/h5-6,9-10,23-24H,4,7-8,11-14H2,1-3H3,(H,25,27). The average molecular weight is 447 g/mol. The molecule has 1 saturated heterocycles. The summed E-state index contributed by atoms with van der Waals surface area (Å²) in [4.78, 5) is 29.9. The number of nitrogens with one attached hydrogen (secondary N) is 3. The molecule has 1 fully saturated rings. The van der Waals surface area contributed by atoms with E-state index in [1.54, 1.807) is 18.7 Å². The van der Waals surface area contributed by atoms with E-state index in [1.807, 2.05) is 31.2 Å². The second kappa shape index (κ2) is 9.65. The summed E-state index contributed by atoms with van der Waals surface area (Å²) in [7, 11) is -3.97. The highest BCUT2D eigenvalue weighted by molar-refractivity contribution is 7.89. The summed E-state index contributed by atoms with van der Waals surface area (Å²) in [5, 5.41) is 2.83. The van der Waals surface area contributed by atoms with Gasteiger partial charge in [0.2, 0.25) is 15.9 Å². The highest BCUT2D eigenvalue weighted by atomic mass is 32.2. The van der Waals surface area contributed by atoms with Gasteiger partial charge in [-0.1, -0.05) is 25.1 Å². The molecule has 0 bridgehead atoms. The summed E-state index contributed by atoms with van der Waals surface area (Å²) in [5.74, 6) is -0.549. The fourth-order valence-electron chi connectivity index (χ4n) is 3.96. The Bertz CT molecular complexity index is 1070. The van der Waals surface area contributed by atoms with Gasteiger partial charge >= 0.3 is 0 Å². The lowest BCUT2D eigenvalue weighted by Gasteiger charge is -2.17. The van der Waals surface area contributed by atoms with Gasteiger partial charge in [-0.15, -0.1) is 0 Å². The van der Waals surface area contributed by atoms with Crippen LogP contribution in [0, 0.1) is 13.8 Å². The van der Waals surface area contributed by atoms with E-state index in [9.17, 15) is 18.0 Å². The van der Waals surface area contributed by atoms with Crippen molar-refractivity contribution in [1.82, 2.24) is 14.6 Å². The number of amides is 2. The van der Waals surface area contributed by atoms with Gasteiger partial charge < -0.3 is 15.2 Å². The Morgan fingerprint density at radius 2 is 1.77 bits per heavy atom. The summed E-state index contributed by atoms with van der Waals surface area (Å²) in [6.45, 7) is 6.54. The number of nitrogens with zero attached hydrogens (tertiary/aromatic N) is 1. The number of benzene rings is 1.